The maximum atomic E-state index is 13.5. The Morgan fingerprint density at radius 2 is 1.76 bits per heavy atom. The molecule has 2 N–H and O–H groups in total. The van der Waals surface area contributed by atoms with Crippen LogP contribution in [0.5, 0.6) is 11.5 Å². The molecule has 0 bridgehead atoms. The van der Waals surface area contributed by atoms with Crippen LogP contribution >= 0.6 is 0 Å². The van der Waals surface area contributed by atoms with E-state index in [-0.39, 0.29) is 12.1 Å². The SMILES string of the molecule is COc1ccc(NC(=O)N2CCc3c([nH]c4ccccc34)[C@@H]2c2ccc(C)cc2)cc1OC. The molecule has 2 heterocycles. The first kappa shape index (κ1) is 20.9. The number of fused-ring (bicyclic) bond motifs is 3. The van der Waals surface area contributed by atoms with Gasteiger partial charge in [-0.25, -0.2) is 4.79 Å². The second-order valence-corrected chi connectivity index (χ2v) is 8.32. The van der Waals surface area contributed by atoms with Crippen LogP contribution in [0.15, 0.2) is 66.7 Å². The number of nitrogens with one attached hydrogen (secondary N) is 2. The van der Waals surface area contributed by atoms with Gasteiger partial charge in [-0.2, -0.15) is 0 Å². The molecule has 0 aliphatic carbocycles. The molecule has 1 aliphatic heterocycles. The van der Waals surface area contributed by atoms with Gasteiger partial charge in [0.25, 0.3) is 0 Å². The van der Waals surface area contributed by atoms with Crippen molar-refractivity contribution in [2.75, 3.05) is 26.1 Å². The zero-order chi connectivity index (χ0) is 22.9. The van der Waals surface area contributed by atoms with Crippen molar-refractivity contribution >= 4 is 22.6 Å². The third kappa shape index (κ3) is 3.78. The quantitative estimate of drug-likeness (QED) is 0.429. The van der Waals surface area contributed by atoms with E-state index in [9.17, 15) is 4.79 Å². The highest BCUT2D eigenvalue weighted by molar-refractivity contribution is 5.92. The normalized spacial score (nSPS) is 15.2. The van der Waals surface area contributed by atoms with Crippen LogP contribution in [0, 0.1) is 6.92 Å². The molecule has 3 aromatic carbocycles. The van der Waals surface area contributed by atoms with Crippen molar-refractivity contribution in [3.05, 3.63) is 89.1 Å². The van der Waals surface area contributed by atoms with E-state index in [1.54, 1.807) is 26.4 Å². The highest BCUT2D eigenvalue weighted by Crippen LogP contribution is 2.39. The average molecular weight is 442 g/mol. The Balaban J connectivity index is 1.53. The van der Waals surface area contributed by atoms with E-state index >= 15 is 0 Å². The molecule has 0 radical (unpaired) electrons. The number of H-pyrrole nitrogens is 1. The summed E-state index contributed by atoms with van der Waals surface area (Å²) in [6.45, 7) is 2.69. The fourth-order valence-electron chi connectivity index (χ4n) is 4.66. The van der Waals surface area contributed by atoms with Crippen LogP contribution in [0.3, 0.4) is 0 Å². The maximum Gasteiger partial charge on any atom is 0.322 e. The van der Waals surface area contributed by atoms with Gasteiger partial charge >= 0.3 is 6.03 Å². The number of para-hydroxylation sites is 1. The predicted octanol–water partition coefficient (Wildman–Crippen LogP) is 5.67. The minimum absolute atomic E-state index is 0.155. The number of methoxy groups -OCH3 is 2. The number of hydrogen-bond acceptors (Lipinski definition) is 3. The summed E-state index contributed by atoms with van der Waals surface area (Å²) in [4.78, 5) is 19.0. The number of rotatable bonds is 4. The van der Waals surface area contributed by atoms with Crippen LogP contribution in [0.4, 0.5) is 10.5 Å². The molecule has 0 saturated carbocycles. The summed E-state index contributed by atoms with van der Waals surface area (Å²) in [6, 6.07) is 21.8. The number of aryl methyl sites for hydroxylation is 1. The zero-order valence-corrected chi connectivity index (χ0v) is 19.0. The van der Waals surface area contributed by atoms with E-state index in [4.69, 9.17) is 9.47 Å². The Labute approximate surface area is 193 Å². The molecule has 1 atom stereocenters. The van der Waals surface area contributed by atoms with E-state index in [0.717, 1.165) is 23.2 Å². The lowest BCUT2D eigenvalue weighted by Crippen LogP contribution is -2.43. The van der Waals surface area contributed by atoms with Gasteiger partial charge in [-0.3, -0.25) is 0 Å². The van der Waals surface area contributed by atoms with Gasteiger partial charge in [0.15, 0.2) is 11.5 Å². The Kier molecular flexibility index (Phi) is 5.42. The molecule has 1 aliphatic rings. The van der Waals surface area contributed by atoms with Crippen molar-refractivity contribution in [2.45, 2.75) is 19.4 Å². The summed E-state index contributed by atoms with van der Waals surface area (Å²) in [5, 5.41) is 4.28. The van der Waals surface area contributed by atoms with E-state index < -0.39 is 0 Å². The lowest BCUT2D eigenvalue weighted by molar-refractivity contribution is 0.193. The van der Waals surface area contributed by atoms with Crippen LogP contribution in [0.2, 0.25) is 0 Å². The van der Waals surface area contributed by atoms with Gasteiger partial charge < -0.3 is 24.7 Å². The highest BCUT2D eigenvalue weighted by atomic mass is 16.5. The van der Waals surface area contributed by atoms with Crippen LogP contribution < -0.4 is 14.8 Å². The van der Waals surface area contributed by atoms with Crippen molar-refractivity contribution < 1.29 is 14.3 Å². The number of hydrogen-bond donors (Lipinski definition) is 2. The first-order chi connectivity index (χ1) is 16.1. The molecule has 1 aromatic heterocycles. The molecule has 0 spiro atoms. The Morgan fingerprint density at radius 3 is 2.52 bits per heavy atom. The summed E-state index contributed by atoms with van der Waals surface area (Å²) in [7, 11) is 3.17. The second kappa shape index (κ2) is 8.54. The van der Waals surface area contributed by atoms with Crippen molar-refractivity contribution in [1.82, 2.24) is 9.88 Å². The monoisotopic (exact) mass is 441 g/mol. The largest absolute Gasteiger partial charge is 0.493 e. The van der Waals surface area contributed by atoms with Crippen molar-refractivity contribution in [3.8, 4) is 11.5 Å². The number of aromatic nitrogens is 1. The molecule has 5 rings (SSSR count). The van der Waals surface area contributed by atoms with Gasteiger partial charge in [0, 0.05) is 34.9 Å². The Morgan fingerprint density at radius 1 is 1.00 bits per heavy atom. The molecule has 33 heavy (non-hydrogen) atoms. The topological polar surface area (TPSA) is 66.6 Å². The second-order valence-electron chi connectivity index (χ2n) is 8.32. The van der Waals surface area contributed by atoms with E-state index in [0.29, 0.717) is 23.7 Å². The van der Waals surface area contributed by atoms with E-state index in [2.05, 4.69) is 59.7 Å². The summed E-state index contributed by atoms with van der Waals surface area (Å²) < 4.78 is 10.7. The molecule has 6 nitrogen and oxygen atoms in total. The molecule has 6 heteroatoms. The Hall–Kier alpha value is -3.93. The average Bonchev–Trinajstić information content (AvgIpc) is 3.22. The highest BCUT2D eigenvalue weighted by Gasteiger charge is 2.34. The first-order valence-electron chi connectivity index (χ1n) is 11.0. The van der Waals surface area contributed by atoms with Gasteiger partial charge in [-0.1, -0.05) is 48.0 Å². The standard InChI is InChI=1S/C27H27N3O3/c1-17-8-10-18(11-9-17)26-25-21(20-6-4-5-7-22(20)29-25)14-15-30(26)27(31)28-19-12-13-23(32-2)24(16-19)33-3/h4-13,16,26,29H,14-15H2,1-3H3,(H,28,31)/t26-/m0/s1. The first-order valence-corrected chi connectivity index (χ1v) is 11.0. The molecule has 4 aromatic rings. The molecule has 168 valence electrons. The smallest absolute Gasteiger partial charge is 0.322 e. The van der Waals surface area contributed by atoms with Crippen LogP contribution in [-0.4, -0.2) is 36.7 Å². The molecular weight excluding hydrogens is 414 g/mol. The maximum absolute atomic E-state index is 13.5. The summed E-state index contributed by atoms with van der Waals surface area (Å²) in [5.74, 6) is 1.19. The van der Waals surface area contributed by atoms with E-state index in [1.165, 1.54) is 16.5 Å². The number of carbonyl (C=O) groups excluding carboxylic acids is 1. The van der Waals surface area contributed by atoms with Crippen molar-refractivity contribution in [1.29, 1.82) is 0 Å². The van der Waals surface area contributed by atoms with Gasteiger partial charge in [-0.15, -0.1) is 0 Å². The number of aromatic amines is 1. The number of anilines is 1. The molecular formula is C27H27N3O3. The molecule has 2 amide bonds. The number of carbonyl (C=O) groups is 1. The number of amides is 2. The van der Waals surface area contributed by atoms with Gasteiger partial charge in [0.1, 0.15) is 0 Å². The summed E-state index contributed by atoms with van der Waals surface area (Å²) in [5.41, 5.74) is 6.38. The van der Waals surface area contributed by atoms with Gasteiger partial charge in [0.05, 0.1) is 20.3 Å². The van der Waals surface area contributed by atoms with Crippen molar-refractivity contribution in [3.63, 3.8) is 0 Å². The predicted molar refractivity (Wildman–Crippen MR) is 130 cm³/mol. The van der Waals surface area contributed by atoms with Crippen molar-refractivity contribution in [2.24, 2.45) is 0 Å². The van der Waals surface area contributed by atoms with Gasteiger partial charge in [-0.05, 0) is 42.7 Å². The van der Waals surface area contributed by atoms with Crippen LogP contribution in [-0.2, 0) is 6.42 Å². The summed E-state index contributed by atoms with van der Waals surface area (Å²) in [6.07, 6.45) is 0.793. The lowest BCUT2D eigenvalue weighted by Gasteiger charge is -2.36. The van der Waals surface area contributed by atoms with E-state index in [1.807, 2.05) is 17.0 Å². The number of benzene rings is 3. The molecule has 0 unspecified atom stereocenters. The zero-order valence-electron chi connectivity index (χ0n) is 19.0. The number of urea groups is 1. The van der Waals surface area contributed by atoms with Crippen LogP contribution in [0.1, 0.15) is 28.4 Å². The van der Waals surface area contributed by atoms with Gasteiger partial charge in [0.2, 0.25) is 0 Å². The minimum atomic E-state index is -0.207. The molecule has 0 fully saturated rings. The number of nitrogens with zero attached hydrogens (tertiary/aromatic N) is 1. The fourth-order valence-corrected chi connectivity index (χ4v) is 4.66. The Bertz CT molecular complexity index is 1310. The number of ether oxygens (including phenoxy) is 2. The van der Waals surface area contributed by atoms with Crippen LogP contribution in [0.25, 0.3) is 10.9 Å². The summed E-state index contributed by atoms with van der Waals surface area (Å²) >= 11 is 0. The third-order valence-corrected chi connectivity index (χ3v) is 6.32. The third-order valence-electron chi connectivity index (χ3n) is 6.32. The molecule has 0 saturated heterocycles. The fraction of sp³-hybridized carbons (Fsp3) is 0.222. The minimum Gasteiger partial charge on any atom is -0.493 e. The lowest BCUT2D eigenvalue weighted by atomic mass is 9.92.